The lowest BCUT2D eigenvalue weighted by atomic mass is 10.2. The molecule has 0 radical (unpaired) electrons. The molecule has 1 heterocycles. The molecule has 0 aliphatic rings. The van der Waals surface area contributed by atoms with E-state index in [0.29, 0.717) is 24.6 Å². The first-order valence-corrected chi connectivity index (χ1v) is 8.15. The van der Waals surface area contributed by atoms with Crippen LogP contribution in [0.25, 0.3) is 0 Å². The number of nitrogens with one attached hydrogen (secondary N) is 2. The van der Waals surface area contributed by atoms with Gasteiger partial charge in [-0.1, -0.05) is 18.2 Å². The van der Waals surface area contributed by atoms with Gasteiger partial charge in [0.1, 0.15) is 5.75 Å². The Hall–Kier alpha value is -1.98. The fourth-order valence-electron chi connectivity index (χ4n) is 2.19. The van der Waals surface area contributed by atoms with Crippen molar-refractivity contribution in [1.82, 2.24) is 20.4 Å². The van der Waals surface area contributed by atoms with Gasteiger partial charge in [-0.2, -0.15) is 18.3 Å². The highest BCUT2D eigenvalue weighted by Crippen LogP contribution is 2.22. The minimum Gasteiger partial charge on any atom is -0.484 e. The number of hydrogen-bond acceptors (Lipinski definition) is 3. The molecule has 2 N–H and O–H groups in total. The average molecular weight is 497 g/mol. The quantitative estimate of drug-likeness (QED) is 0.351. The molecule has 2 aromatic rings. The molecule has 27 heavy (non-hydrogen) atoms. The zero-order valence-electron chi connectivity index (χ0n) is 15.1. The van der Waals surface area contributed by atoms with Crippen molar-refractivity contribution in [3.8, 4) is 5.75 Å². The number of aryl methyl sites for hydroxylation is 1. The van der Waals surface area contributed by atoms with Crippen LogP contribution in [-0.4, -0.2) is 35.1 Å². The Morgan fingerprint density at radius 1 is 1.22 bits per heavy atom. The lowest BCUT2D eigenvalue weighted by Gasteiger charge is -2.14. The second kappa shape index (κ2) is 11.0. The Bertz CT molecular complexity index is 733. The summed E-state index contributed by atoms with van der Waals surface area (Å²) >= 11 is 0. The highest BCUT2D eigenvalue weighted by atomic mass is 127. The molecule has 10 heteroatoms. The lowest BCUT2D eigenvalue weighted by molar-refractivity contribution is -0.153. The van der Waals surface area contributed by atoms with Crippen molar-refractivity contribution in [3.63, 3.8) is 0 Å². The monoisotopic (exact) mass is 497 g/mol. The summed E-state index contributed by atoms with van der Waals surface area (Å²) in [6, 6.07) is 8.45. The number of halogens is 4. The van der Waals surface area contributed by atoms with Crippen LogP contribution in [0.4, 0.5) is 13.2 Å². The van der Waals surface area contributed by atoms with E-state index in [1.165, 1.54) is 6.07 Å². The van der Waals surface area contributed by atoms with E-state index < -0.39 is 12.8 Å². The minimum atomic E-state index is -4.38. The van der Waals surface area contributed by atoms with Crippen molar-refractivity contribution in [2.24, 2.45) is 12.0 Å². The molecule has 0 atom stereocenters. The maximum absolute atomic E-state index is 12.4. The molecule has 6 nitrogen and oxygen atoms in total. The minimum absolute atomic E-state index is 0. The summed E-state index contributed by atoms with van der Waals surface area (Å²) in [4.78, 5) is 4.42. The van der Waals surface area contributed by atoms with Crippen molar-refractivity contribution in [1.29, 1.82) is 0 Å². The van der Waals surface area contributed by atoms with Gasteiger partial charge in [-0.3, -0.25) is 4.68 Å². The molecule has 0 fully saturated rings. The normalized spacial score (nSPS) is 11.7. The summed E-state index contributed by atoms with van der Waals surface area (Å²) in [6.45, 7) is 1.97. The number of aromatic nitrogens is 2. The highest BCUT2D eigenvalue weighted by molar-refractivity contribution is 14.0. The van der Waals surface area contributed by atoms with Crippen molar-refractivity contribution < 1.29 is 17.9 Å². The number of rotatable bonds is 7. The Morgan fingerprint density at radius 3 is 2.59 bits per heavy atom. The Balaban J connectivity index is 0.00000364. The number of benzene rings is 1. The fraction of sp³-hybridized carbons (Fsp3) is 0.412. The first-order valence-electron chi connectivity index (χ1n) is 8.15. The van der Waals surface area contributed by atoms with Crippen LogP contribution in [0.1, 0.15) is 18.2 Å². The number of nitrogens with zero attached hydrogens (tertiary/aromatic N) is 3. The predicted octanol–water partition coefficient (Wildman–Crippen LogP) is 3.23. The van der Waals surface area contributed by atoms with E-state index >= 15 is 0 Å². The summed E-state index contributed by atoms with van der Waals surface area (Å²) in [5, 5.41) is 10.4. The van der Waals surface area contributed by atoms with Gasteiger partial charge in [0.2, 0.25) is 0 Å². The van der Waals surface area contributed by atoms with Crippen LogP contribution >= 0.6 is 24.0 Å². The van der Waals surface area contributed by atoms with Crippen LogP contribution in [0.15, 0.2) is 41.5 Å². The van der Waals surface area contributed by atoms with Gasteiger partial charge in [0.05, 0.1) is 18.8 Å². The predicted molar refractivity (Wildman–Crippen MR) is 108 cm³/mol. The Kier molecular flexibility index (Phi) is 9.39. The number of guanidine groups is 1. The first kappa shape index (κ1) is 23.1. The summed E-state index contributed by atoms with van der Waals surface area (Å²) in [5.41, 5.74) is 1.55. The average Bonchev–Trinajstić information content (AvgIpc) is 3.00. The molecular formula is C17H23F3IN5O. The SMILES string of the molecule is CCNC(=NCc1ccccc1OCC(F)(F)F)NCc1ccnn1C.I. The fourth-order valence-corrected chi connectivity index (χ4v) is 2.19. The van der Waals surface area contributed by atoms with E-state index in [0.717, 1.165) is 5.69 Å². The number of hydrogen-bond donors (Lipinski definition) is 2. The maximum atomic E-state index is 12.4. The van der Waals surface area contributed by atoms with E-state index in [4.69, 9.17) is 4.74 Å². The first-order chi connectivity index (χ1) is 12.4. The number of ether oxygens (including phenoxy) is 1. The third kappa shape index (κ3) is 8.06. The van der Waals surface area contributed by atoms with Crippen LogP contribution in [0, 0.1) is 0 Å². The van der Waals surface area contributed by atoms with Crippen molar-refractivity contribution in [2.45, 2.75) is 26.2 Å². The molecule has 0 unspecified atom stereocenters. The third-order valence-electron chi connectivity index (χ3n) is 3.48. The number of alkyl halides is 3. The molecular weight excluding hydrogens is 474 g/mol. The molecule has 1 aromatic heterocycles. The third-order valence-corrected chi connectivity index (χ3v) is 3.48. The molecule has 0 aliphatic carbocycles. The molecule has 0 bridgehead atoms. The second-order valence-corrected chi connectivity index (χ2v) is 5.51. The van der Waals surface area contributed by atoms with Crippen LogP contribution in [0.2, 0.25) is 0 Å². The summed E-state index contributed by atoms with van der Waals surface area (Å²) in [6.07, 6.45) is -2.68. The number of para-hydroxylation sites is 1. The van der Waals surface area contributed by atoms with Gasteiger partial charge in [0.15, 0.2) is 12.6 Å². The van der Waals surface area contributed by atoms with E-state index in [2.05, 4.69) is 20.7 Å². The number of aliphatic imine (C=N–C) groups is 1. The molecule has 0 aliphatic heterocycles. The zero-order chi connectivity index (χ0) is 19.0. The molecule has 0 saturated heterocycles. The van der Waals surface area contributed by atoms with Gasteiger partial charge in [0.25, 0.3) is 0 Å². The van der Waals surface area contributed by atoms with Crippen molar-refractivity contribution >= 4 is 29.9 Å². The molecule has 0 amide bonds. The molecule has 150 valence electrons. The van der Waals surface area contributed by atoms with Crippen molar-refractivity contribution in [3.05, 3.63) is 47.8 Å². The molecule has 2 rings (SSSR count). The van der Waals surface area contributed by atoms with Crippen molar-refractivity contribution in [2.75, 3.05) is 13.2 Å². The van der Waals surface area contributed by atoms with Gasteiger partial charge in [-0.05, 0) is 19.1 Å². The van der Waals surface area contributed by atoms with Gasteiger partial charge < -0.3 is 15.4 Å². The van der Waals surface area contributed by atoms with Crippen LogP contribution in [-0.2, 0) is 20.1 Å². The van der Waals surface area contributed by atoms with E-state index in [1.807, 2.05) is 20.0 Å². The van der Waals surface area contributed by atoms with Crippen LogP contribution in [0.5, 0.6) is 5.75 Å². The van der Waals surface area contributed by atoms with Crippen LogP contribution in [0.3, 0.4) is 0 Å². The molecule has 0 spiro atoms. The standard InChI is InChI=1S/C17H22F3N5O.HI/c1-3-21-16(23-11-14-8-9-24-25(14)2)22-10-13-6-4-5-7-15(13)26-12-17(18,19)20;/h4-9H,3,10-12H2,1-2H3,(H2,21,22,23);1H. The summed E-state index contributed by atoms with van der Waals surface area (Å²) in [7, 11) is 1.84. The van der Waals surface area contributed by atoms with E-state index in [1.54, 1.807) is 29.1 Å². The summed E-state index contributed by atoms with van der Waals surface area (Å²) in [5.74, 6) is 0.732. The van der Waals surface area contributed by atoms with E-state index in [9.17, 15) is 13.2 Å². The summed E-state index contributed by atoms with van der Waals surface area (Å²) < 4.78 is 43.8. The Morgan fingerprint density at radius 2 is 1.96 bits per heavy atom. The zero-order valence-corrected chi connectivity index (χ0v) is 17.4. The largest absolute Gasteiger partial charge is 0.484 e. The van der Waals surface area contributed by atoms with Gasteiger partial charge in [-0.15, -0.1) is 24.0 Å². The van der Waals surface area contributed by atoms with Gasteiger partial charge in [-0.25, -0.2) is 4.99 Å². The van der Waals surface area contributed by atoms with E-state index in [-0.39, 0.29) is 36.3 Å². The lowest BCUT2D eigenvalue weighted by Crippen LogP contribution is -2.37. The topological polar surface area (TPSA) is 63.5 Å². The van der Waals surface area contributed by atoms with Gasteiger partial charge >= 0.3 is 6.18 Å². The highest BCUT2D eigenvalue weighted by Gasteiger charge is 2.28. The Labute approximate surface area is 173 Å². The van der Waals surface area contributed by atoms with Crippen LogP contribution < -0.4 is 15.4 Å². The second-order valence-electron chi connectivity index (χ2n) is 5.51. The maximum Gasteiger partial charge on any atom is 0.422 e. The van der Waals surface area contributed by atoms with Gasteiger partial charge in [0, 0.05) is 25.4 Å². The smallest absolute Gasteiger partial charge is 0.422 e. The molecule has 0 saturated carbocycles. The molecule has 1 aromatic carbocycles.